The standard InChI is InChI=1S/C18H16F3NO4/c19-18(20,21)13-3-1-2-12(8-13)17(24)22-10-14(23)11-4-5-15-16(9-11)26-7-6-25-15/h1-5,8-9,14,23H,6-7,10H2,(H,22,24). The largest absolute Gasteiger partial charge is 0.486 e. The molecule has 1 aliphatic heterocycles. The third kappa shape index (κ3) is 4.08. The molecule has 1 heterocycles. The van der Waals surface area contributed by atoms with Crippen molar-refractivity contribution in [3.05, 3.63) is 59.2 Å². The molecule has 2 aromatic rings. The van der Waals surface area contributed by atoms with Crippen LogP contribution < -0.4 is 14.8 Å². The van der Waals surface area contributed by atoms with Crippen molar-refractivity contribution < 1.29 is 32.5 Å². The van der Waals surface area contributed by atoms with Crippen molar-refractivity contribution in [1.29, 1.82) is 0 Å². The molecule has 1 amide bonds. The van der Waals surface area contributed by atoms with Crippen LogP contribution in [0.2, 0.25) is 0 Å². The second-order valence-electron chi connectivity index (χ2n) is 5.71. The highest BCUT2D eigenvalue weighted by Crippen LogP contribution is 2.32. The van der Waals surface area contributed by atoms with Gasteiger partial charge < -0.3 is 19.9 Å². The smallest absolute Gasteiger partial charge is 0.416 e. The quantitative estimate of drug-likeness (QED) is 0.872. The van der Waals surface area contributed by atoms with Gasteiger partial charge in [-0.1, -0.05) is 12.1 Å². The summed E-state index contributed by atoms with van der Waals surface area (Å²) < 4.78 is 48.9. The van der Waals surface area contributed by atoms with Gasteiger partial charge in [-0.05, 0) is 35.9 Å². The highest BCUT2D eigenvalue weighted by molar-refractivity contribution is 5.94. The summed E-state index contributed by atoms with van der Waals surface area (Å²) in [5, 5.41) is 12.6. The maximum Gasteiger partial charge on any atom is 0.416 e. The molecule has 8 heteroatoms. The molecule has 1 aliphatic rings. The predicted octanol–water partition coefficient (Wildman–Crippen LogP) is 2.94. The first-order chi connectivity index (χ1) is 12.3. The Morgan fingerprint density at radius 2 is 1.85 bits per heavy atom. The average Bonchev–Trinajstić information content (AvgIpc) is 2.64. The van der Waals surface area contributed by atoms with Crippen molar-refractivity contribution in [2.24, 2.45) is 0 Å². The molecular formula is C18H16F3NO4. The number of carbonyl (C=O) groups is 1. The Bertz CT molecular complexity index is 807. The number of nitrogens with one attached hydrogen (secondary N) is 1. The first kappa shape index (κ1) is 18.1. The molecule has 0 fully saturated rings. The van der Waals surface area contributed by atoms with Gasteiger partial charge in [0, 0.05) is 12.1 Å². The fourth-order valence-corrected chi connectivity index (χ4v) is 2.51. The Kier molecular flexibility index (Phi) is 5.03. The molecule has 3 rings (SSSR count). The van der Waals surface area contributed by atoms with E-state index in [1.54, 1.807) is 18.2 Å². The Labute approximate surface area is 147 Å². The second-order valence-corrected chi connectivity index (χ2v) is 5.71. The average molecular weight is 367 g/mol. The molecule has 2 aromatic carbocycles. The van der Waals surface area contributed by atoms with E-state index in [1.807, 2.05) is 0 Å². The zero-order chi connectivity index (χ0) is 18.7. The van der Waals surface area contributed by atoms with Gasteiger partial charge in [0.1, 0.15) is 13.2 Å². The van der Waals surface area contributed by atoms with Crippen LogP contribution >= 0.6 is 0 Å². The Balaban J connectivity index is 1.64. The zero-order valence-corrected chi connectivity index (χ0v) is 13.5. The molecule has 5 nitrogen and oxygen atoms in total. The SMILES string of the molecule is O=C(NCC(O)c1ccc2c(c1)OCCO2)c1cccc(C(F)(F)F)c1. The van der Waals surface area contributed by atoms with E-state index in [1.165, 1.54) is 6.07 Å². The van der Waals surface area contributed by atoms with Crippen molar-refractivity contribution in [3.63, 3.8) is 0 Å². The molecule has 0 radical (unpaired) electrons. The van der Waals surface area contributed by atoms with E-state index < -0.39 is 23.8 Å². The van der Waals surface area contributed by atoms with Crippen LogP contribution in [0, 0.1) is 0 Å². The normalized spacial score (nSPS) is 14.6. The van der Waals surface area contributed by atoms with Gasteiger partial charge in [0.2, 0.25) is 0 Å². The number of amides is 1. The molecule has 0 saturated heterocycles. The molecule has 1 atom stereocenters. The molecule has 0 aliphatic carbocycles. The fourth-order valence-electron chi connectivity index (χ4n) is 2.51. The van der Waals surface area contributed by atoms with Crippen LogP contribution in [0.3, 0.4) is 0 Å². The number of aliphatic hydroxyl groups is 1. The van der Waals surface area contributed by atoms with E-state index in [4.69, 9.17) is 9.47 Å². The van der Waals surface area contributed by atoms with Crippen molar-refractivity contribution in [3.8, 4) is 11.5 Å². The maximum absolute atomic E-state index is 12.7. The summed E-state index contributed by atoms with van der Waals surface area (Å²) in [4.78, 5) is 12.1. The summed E-state index contributed by atoms with van der Waals surface area (Å²) in [5.74, 6) is 0.366. The molecule has 0 spiro atoms. The van der Waals surface area contributed by atoms with Crippen molar-refractivity contribution in [2.75, 3.05) is 19.8 Å². The minimum absolute atomic E-state index is 0.130. The molecule has 1 unspecified atom stereocenters. The van der Waals surface area contributed by atoms with Crippen LogP contribution in [0.5, 0.6) is 11.5 Å². The molecule has 2 N–H and O–H groups in total. The first-order valence-electron chi connectivity index (χ1n) is 7.87. The van der Waals surface area contributed by atoms with Crippen LogP contribution in [0.25, 0.3) is 0 Å². The summed E-state index contributed by atoms with van der Waals surface area (Å²) in [6.45, 7) is 0.690. The van der Waals surface area contributed by atoms with Gasteiger partial charge in [0.05, 0.1) is 11.7 Å². The lowest BCUT2D eigenvalue weighted by molar-refractivity contribution is -0.137. The Morgan fingerprint density at radius 3 is 2.58 bits per heavy atom. The number of halogens is 3. The fraction of sp³-hybridized carbons (Fsp3) is 0.278. The van der Waals surface area contributed by atoms with Crippen LogP contribution in [-0.2, 0) is 6.18 Å². The monoisotopic (exact) mass is 367 g/mol. The van der Waals surface area contributed by atoms with Crippen LogP contribution in [0.1, 0.15) is 27.6 Å². The van der Waals surface area contributed by atoms with Crippen molar-refractivity contribution in [2.45, 2.75) is 12.3 Å². The topological polar surface area (TPSA) is 67.8 Å². The van der Waals surface area contributed by atoms with E-state index in [0.717, 1.165) is 18.2 Å². The molecule has 0 saturated carbocycles. The second kappa shape index (κ2) is 7.25. The van der Waals surface area contributed by atoms with Gasteiger partial charge in [-0.3, -0.25) is 4.79 Å². The third-order valence-electron chi connectivity index (χ3n) is 3.86. The van der Waals surface area contributed by atoms with E-state index in [-0.39, 0.29) is 12.1 Å². The highest BCUT2D eigenvalue weighted by Gasteiger charge is 2.30. The molecule has 0 bridgehead atoms. The Hall–Kier alpha value is -2.74. The molecule has 0 aromatic heterocycles. The highest BCUT2D eigenvalue weighted by atomic mass is 19.4. The maximum atomic E-state index is 12.7. The molecular weight excluding hydrogens is 351 g/mol. The molecule has 138 valence electrons. The van der Waals surface area contributed by atoms with E-state index in [9.17, 15) is 23.1 Å². The minimum Gasteiger partial charge on any atom is -0.486 e. The predicted molar refractivity (Wildman–Crippen MR) is 86.2 cm³/mol. The van der Waals surface area contributed by atoms with Crippen LogP contribution in [-0.4, -0.2) is 30.8 Å². The number of hydrogen-bond donors (Lipinski definition) is 2. The number of ether oxygens (including phenoxy) is 2. The van der Waals surface area contributed by atoms with Crippen molar-refractivity contribution in [1.82, 2.24) is 5.32 Å². The number of benzene rings is 2. The summed E-state index contributed by atoms with van der Waals surface area (Å²) >= 11 is 0. The Morgan fingerprint density at radius 1 is 1.12 bits per heavy atom. The van der Waals surface area contributed by atoms with E-state index in [0.29, 0.717) is 30.3 Å². The van der Waals surface area contributed by atoms with Gasteiger partial charge in [0.25, 0.3) is 5.91 Å². The summed E-state index contributed by atoms with van der Waals surface area (Å²) in [6.07, 6.45) is -5.57. The summed E-state index contributed by atoms with van der Waals surface area (Å²) in [7, 11) is 0. The number of aliphatic hydroxyl groups excluding tert-OH is 1. The summed E-state index contributed by atoms with van der Waals surface area (Å²) in [6, 6.07) is 8.99. The van der Waals surface area contributed by atoms with Gasteiger partial charge in [0.15, 0.2) is 11.5 Å². The zero-order valence-electron chi connectivity index (χ0n) is 13.5. The van der Waals surface area contributed by atoms with Crippen molar-refractivity contribution >= 4 is 5.91 Å². The van der Waals surface area contributed by atoms with Gasteiger partial charge in [-0.2, -0.15) is 13.2 Å². The number of hydrogen-bond acceptors (Lipinski definition) is 4. The number of fused-ring (bicyclic) bond motifs is 1. The lowest BCUT2D eigenvalue weighted by Gasteiger charge is -2.20. The number of carbonyl (C=O) groups excluding carboxylic acids is 1. The van der Waals surface area contributed by atoms with Gasteiger partial charge in [-0.25, -0.2) is 0 Å². The van der Waals surface area contributed by atoms with Gasteiger partial charge in [-0.15, -0.1) is 0 Å². The third-order valence-corrected chi connectivity index (χ3v) is 3.86. The lowest BCUT2D eigenvalue weighted by Crippen LogP contribution is -2.28. The van der Waals surface area contributed by atoms with Crippen LogP contribution in [0.4, 0.5) is 13.2 Å². The number of rotatable bonds is 4. The van der Waals surface area contributed by atoms with E-state index >= 15 is 0 Å². The summed E-state index contributed by atoms with van der Waals surface area (Å²) in [5.41, 5.74) is -0.537. The number of alkyl halides is 3. The first-order valence-corrected chi connectivity index (χ1v) is 7.87. The van der Waals surface area contributed by atoms with Gasteiger partial charge >= 0.3 is 6.18 Å². The van der Waals surface area contributed by atoms with Crippen LogP contribution in [0.15, 0.2) is 42.5 Å². The minimum atomic E-state index is -4.53. The lowest BCUT2D eigenvalue weighted by atomic mass is 10.1. The van der Waals surface area contributed by atoms with E-state index in [2.05, 4.69) is 5.32 Å². The molecule has 26 heavy (non-hydrogen) atoms.